The van der Waals surface area contributed by atoms with Crippen molar-refractivity contribution >= 4 is 33.4 Å². The second kappa shape index (κ2) is 6.33. The number of para-hydroxylation sites is 1. The summed E-state index contributed by atoms with van der Waals surface area (Å²) in [4.78, 5) is 30.1. The van der Waals surface area contributed by atoms with E-state index in [2.05, 4.69) is 4.98 Å². The predicted octanol–water partition coefficient (Wildman–Crippen LogP) is 2.89. The predicted molar refractivity (Wildman–Crippen MR) is 95.1 cm³/mol. The fourth-order valence-electron chi connectivity index (χ4n) is 3.07. The number of thiazole rings is 1. The summed E-state index contributed by atoms with van der Waals surface area (Å²) in [6, 6.07) is 11.3. The van der Waals surface area contributed by atoms with Gasteiger partial charge in [-0.25, -0.2) is 4.98 Å². The van der Waals surface area contributed by atoms with Crippen LogP contribution in [0, 0.1) is 5.92 Å². The summed E-state index contributed by atoms with van der Waals surface area (Å²) in [6.07, 6.45) is 1.21. The number of hydrogen-bond donors (Lipinski definition) is 1. The van der Waals surface area contributed by atoms with E-state index >= 15 is 0 Å². The van der Waals surface area contributed by atoms with Gasteiger partial charge in [-0.3, -0.25) is 9.59 Å². The van der Waals surface area contributed by atoms with Crippen molar-refractivity contribution in [1.82, 2.24) is 9.88 Å². The highest BCUT2D eigenvalue weighted by Crippen LogP contribution is 2.31. The summed E-state index contributed by atoms with van der Waals surface area (Å²) < 4.78 is 6.83. The van der Waals surface area contributed by atoms with Crippen LogP contribution in [0.25, 0.3) is 21.0 Å². The van der Waals surface area contributed by atoms with Crippen molar-refractivity contribution in [3.63, 3.8) is 0 Å². The van der Waals surface area contributed by atoms with Gasteiger partial charge >= 0.3 is 0 Å². The molecule has 2 N–H and O–H groups in total. The van der Waals surface area contributed by atoms with Gasteiger partial charge in [0.1, 0.15) is 0 Å². The van der Waals surface area contributed by atoms with Gasteiger partial charge in [0.25, 0.3) is 5.91 Å². The number of amides is 2. The van der Waals surface area contributed by atoms with Crippen molar-refractivity contribution < 1.29 is 14.0 Å². The molecule has 4 rings (SSSR count). The SMILES string of the molecule is NC(=O)C1CCN(C(=O)c2ccc(-c3nc4ccccc4s3)o2)CC1. The zero-order valence-corrected chi connectivity index (χ0v) is 14.3. The first-order valence-corrected chi connectivity index (χ1v) is 8.98. The number of rotatable bonds is 3. The van der Waals surface area contributed by atoms with E-state index in [-0.39, 0.29) is 17.7 Å². The molecule has 0 aliphatic carbocycles. The van der Waals surface area contributed by atoms with Crippen LogP contribution < -0.4 is 5.73 Å². The molecule has 1 aromatic carbocycles. The summed E-state index contributed by atoms with van der Waals surface area (Å²) >= 11 is 1.53. The van der Waals surface area contributed by atoms with E-state index < -0.39 is 0 Å². The maximum absolute atomic E-state index is 12.6. The standard InChI is InChI=1S/C18H17N3O3S/c19-16(22)11-7-9-21(10-8-11)18(23)14-6-5-13(24-14)17-20-12-3-1-2-4-15(12)25-17/h1-6,11H,7-10H2,(H2,19,22). The molecule has 0 radical (unpaired) electrons. The normalized spacial score (nSPS) is 15.6. The number of aromatic nitrogens is 1. The van der Waals surface area contributed by atoms with E-state index in [0.717, 1.165) is 15.2 Å². The van der Waals surface area contributed by atoms with Crippen molar-refractivity contribution in [2.24, 2.45) is 11.7 Å². The van der Waals surface area contributed by atoms with Crippen molar-refractivity contribution in [3.8, 4) is 10.8 Å². The molecule has 0 unspecified atom stereocenters. The van der Waals surface area contributed by atoms with E-state index in [1.54, 1.807) is 17.0 Å². The second-order valence-corrected chi connectivity index (χ2v) is 7.15. The molecule has 1 aliphatic rings. The average molecular weight is 355 g/mol. The van der Waals surface area contributed by atoms with Crippen LogP contribution in [-0.4, -0.2) is 34.8 Å². The third-order valence-corrected chi connectivity index (χ3v) is 5.56. The van der Waals surface area contributed by atoms with Gasteiger partial charge in [0, 0.05) is 19.0 Å². The molecule has 0 saturated carbocycles. The number of carbonyl (C=O) groups excluding carboxylic acids is 2. The van der Waals surface area contributed by atoms with E-state index in [1.165, 1.54) is 11.3 Å². The summed E-state index contributed by atoms with van der Waals surface area (Å²) in [5, 5.41) is 0.757. The van der Waals surface area contributed by atoms with E-state index in [0.29, 0.717) is 37.5 Å². The first-order valence-electron chi connectivity index (χ1n) is 8.16. The monoisotopic (exact) mass is 355 g/mol. The molecular formula is C18H17N3O3S. The number of hydrogen-bond acceptors (Lipinski definition) is 5. The zero-order chi connectivity index (χ0) is 17.4. The van der Waals surface area contributed by atoms with Gasteiger partial charge in [-0.05, 0) is 37.1 Å². The van der Waals surface area contributed by atoms with E-state index in [1.807, 2.05) is 24.3 Å². The molecule has 2 aromatic heterocycles. The molecule has 0 atom stereocenters. The Morgan fingerprint density at radius 1 is 1.16 bits per heavy atom. The Morgan fingerprint density at radius 3 is 2.64 bits per heavy atom. The number of fused-ring (bicyclic) bond motifs is 1. The molecular weight excluding hydrogens is 338 g/mol. The molecule has 6 nitrogen and oxygen atoms in total. The molecule has 2 amide bonds. The van der Waals surface area contributed by atoms with Crippen LogP contribution in [-0.2, 0) is 4.79 Å². The average Bonchev–Trinajstić information content (AvgIpc) is 3.27. The fourth-order valence-corrected chi connectivity index (χ4v) is 4.00. The van der Waals surface area contributed by atoms with Crippen molar-refractivity contribution in [1.29, 1.82) is 0 Å². The highest BCUT2D eigenvalue weighted by molar-refractivity contribution is 7.21. The van der Waals surface area contributed by atoms with Crippen LogP contribution in [0.2, 0.25) is 0 Å². The van der Waals surface area contributed by atoms with E-state index in [4.69, 9.17) is 10.2 Å². The lowest BCUT2D eigenvalue weighted by molar-refractivity contribution is -0.123. The molecule has 1 saturated heterocycles. The lowest BCUT2D eigenvalue weighted by Gasteiger charge is -2.29. The van der Waals surface area contributed by atoms with Gasteiger partial charge in [0.2, 0.25) is 5.91 Å². The number of nitrogens with two attached hydrogens (primary N) is 1. The molecule has 1 aliphatic heterocycles. The summed E-state index contributed by atoms with van der Waals surface area (Å²) in [5.74, 6) is 0.306. The molecule has 3 heterocycles. The number of piperidine rings is 1. The number of benzene rings is 1. The molecule has 1 fully saturated rings. The highest BCUT2D eigenvalue weighted by Gasteiger charge is 2.28. The van der Waals surface area contributed by atoms with Crippen LogP contribution in [0.5, 0.6) is 0 Å². The highest BCUT2D eigenvalue weighted by atomic mass is 32.1. The van der Waals surface area contributed by atoms with Gasteiger partial charge in [0.05, 0.1) is 10.2 Å². The fraction of sp³-hybridized carbons (Fsp3) is 0.278. The minimum absolute atomic E-state index is 0.140. The summed E-state index contributed by atoms with van der Waals surface area (Å²) in [7, 11) is 0. The lowest BCUT2D eigenvalue weighted by atomic mass is 9.96. The van der Waals surface area contributed by atoms with Gasteiger partial charge < -0.3 is 15.1 Å². The van der Waals surface area contributed by atoms with Crippen LogP contribution in [0.3, 0.4) is 0 Å². The number of likely N-dealkylation sites (tertiary alicyclic amines) is 1. The number of furan rings is 1. The number of nitrogens with zero attached hydrogens (tertiary/aromatic N) is 2. The van der Waals surface area contributed by atoms with Gasteiger partial charge in [0.15, 0.2) is 16.5 Å². The third kappa shape index (κ3) is 3.02. The quantitative estimate of drug-likeness (QED) is 0.782. The van der Waals surface area contributed by atoms with Crippen molar-refractivity contribution in [2.45, 2.75) is 12.8 Å². The minimum atomic E-state index is -0.289. The Hall–Kier alpha value is -2.67. The molecule has 25 heavy (non-hydrogen) atoms. The number of carbonyl (C=O) groups is 2. The summed E-state index contributed by atoms with van der Waals surface area (Å²) in [6.45, 7) is 1.03. The van der Waals surface area contributed by atoms with E-state index in [9.17, 15) is 9.59 Å². The molecule has 0 spiro atoms. The van der Waals surface area contributed by atoms with Gasteiger partial charge in [-0.15, -0.1) is 11.3 Å². The maximum atomic E-state index is 12.6. The number of primary amides is 1. The Morgan fingerprint density at radius 2 is 1.92 bits per heavy atom. The molecule has 128 valence electrons. The Kier molecular flexibility index (Phi) is 4.01. The first-order chi connectivity index (χ1) is 12.1. The topological polar surface area (TPSA) is 89.4 Å². The van der Waals surface area contributed by atoms with Crippen LogP contribution in [0.1, 0.15) is 23.4 Å². The largest absolute Gasteiger partial charge is 0.448 e. The van der Waals surface area contributed by atoms with Gasteiger partial charge in [-0.1, -0.05) is 12.1 Å². The van der Waals surface area contributed by atoms with Crippen LogP contribution >= 0.6 is 11.3 Å². The lowest BCUT2D eigenvalue weighted by Crippen LogP contribution is -2.41. The summed E-state index contributed by atoms with van der Waals surface area (Å²) in [5.41, 5.74) is 6.25. The molecule has 3 aromatic rings. The Labute approximate surface area is 148 Å². The smallest absolute Gasteiger partial charge is 0.289 e. The van der Waals surface area contributed by atoms with Crippen LogP contribution in [0.4, 0.5) is 0 Å². The van der Waals surface area contributed by atoms with Crippen LogP contribution in [0.15, 0.2) is 40.8 Å². The third-order valence-electron chi connectivity index (χ3n) is 4.51. The van der Waals surface area contributed by atoms with Crippen molar-refractivity contribution in [3.05, 3.63) is 42.2 Å². The maximum Gasteiger partial charge on any atom is 0.289 e. The Bertz CT molecular complexity index is 905. The minimum Gasteiger partial charge on any atom is -0.448 e. The zero-order valence-electron chi connectivity index (χ0n) is 13.5. The first kappa shape index (κ1) is 15.8. The van der Waals surface area contributed by atoms with Crippen molar-refractivity contribution in [2.75, 3.05) is 13.1 Å². The van der Waals surface area contributed by atoms with Gasteiger partial charge in [-0.2, -0.15) is 0 Å². The second-order valence-electron chi connectivity index (χ2n) is 6.12. The Balaban J connectivity index is 1.51. The molecule has 0 bridgehead atoms. The molecule has 7 heteroatoms.